The number of nitrogens with zero attached hydrogens (tertiary/aromatic N) is 3. The summed E-state index contributed by atoms with van der Waals surface area (Å²) in [6.07, 6.45) is 2.78. The fourth-order valence-corrected chi connectivity index (χ4v) is 4.40. The molecule has 0 aliphatic carbocycles. The molecule has 0 fully saturated rings. The lowest BCUT2D eigenvalue weighted by molar-refractivity contribution is -0.126. The number of benzene rings is 1. The number of amides is 1. The molecule has 1 N–H and O–H groups in total. The SMILES string of the molecule is Cc1sc2nc(CNC(=O)[C@@H]3Cc4ccccc4CN3C)cn2c1C. The highest BCUT2D eigenvalue weighted by atomic mass is 32.1. The molecule has 3 aromatic rings. The van der Waals surface area contributed by atoms with E-state index < -0.39 is 0 Å². The third kappa shape index (κ3) is 2.96. The Balaban J connectivity index is 1.44. The minimum atomic E-state index is -0.123. The van der Waals surface area contributed by atoms with E-state index in [2.05, 4.69) is 51.6 Å². The molecule has 1 aliphatic rings. The van der Waals surface area contributed by atoms with E-state index in [1.165, 1.54) is 21.7 Å². The molecule has 5 nitrogen and oxygen atoms in total. The number of carbonyl (C=O) groups excluding carboxylic acids is 1. The number of likely N-dealkylation sites (N-methyl/N-ethyl adjacent to an activating group) is 1. The molecule has 6 heteroatoms. The number of nitrogens with one attached hydrogen (secondary N) is 1. The van der Waals surface area contributed by atoms with Gasteiger partial charge in [0.2, 0.25) is 5.91 Å². The maximum atomic E-state index is 12.7. The highest BCUT2D eigenvalue weighted by Gasteiger charge is 2.28. The standard InChI is InChI=1S/C19H22N4OS/c1-12-13(2)25-19-21-16(11-23(12)19)9-20-18(24)17-8-14-6-4-5-7-15(14)10-22(17)3/h4-7,11,17H,8-10H2,1-3H3,(H,20,24)/t17-/m0/s1. The van der Waals surface area contributed by atoms with Gasteiger partial charge in [-0.25, -0.2) is 4.98 Å². The molecule has 3 heterocycles. The van der Waals surface area contributed by atoms with Crippen LogP contribution in [0.2, 0.25) is 0 Å². The number of carbonyl (C=O) groups is 1. The molecule has 130 valence electrons. The molecule has 0 bridgehead atoms. The Morgan fingerprint density at radius 1 is 1.32 bits per heavy atom. The normalized spacial score (nSPS) is 17.6. The third-order valence-corrected chi connectivity index (χ3v) is 6.14. The van der Waals surface area contributed by atoms with Crippen molar-refractivity contribution in [1.82, 2.24) is 19.6 Å². The van der Waals surface area contributed by atoms with Gasteiger partial charge in [-0.1, -0.05) is 24.3 Å². The summed E-state index contributed by atoms with van der Waals surface area (Å²) in [5, 5.41) is 3.06. The van der Waals surface area contributed by atoms with Crippen LogP contribution in [0.15, 0.2) is 30.5 Å². The second kappa shape index (κ2) is 6.28. The number of hydrogen-bond donors (Lipinski definition) is 1. The lowest BCUT2D eigenvalue weighted by Crippen LogP contribution is -2.48. The van der Waals surface area contributed by atoms with Crippen LogP contribution in [-0.2, 0) is 24.3 Å². The third-order valence-electron chi connectivity index (χ3n) is 5.07. The topological polar surface area (TPSA) is 49.6 Å². The van der Waals surface area contributed by atoms with Crippen molar-refractivity contribution in [3.63, 3.8) is 0 Å². The molecule has 1 amide bonds. The fraction of sp³-hybridized carbons (Fsp3) is 0.368. The zero-order valence-corrected chi connectivity index (χ0v) is 15.6. The van der Waals surface area contributed by atoms with Crippen LogP contribution in [0.5, 0.6) is 0 Å². The van der Waals surface area contributed by atoms with Crippen molar-refractivity contribution >= 4 is 22.2 Å². The summed E-state index contributed by atoms with van der Waals surface area (Å²) in [6, 6.07) is 8.24. The van der Waals surface area contributed by atoms with Crippen LogP contribution in [0.25, 0.3) is 4.96 Å². The van der Waals surface area contributed by atoms with Crippen molar-refractivity contribution in [2.45, 2.75) is 39.4 Å². The molecule has 1 atom stereocenters. The quantitative estimate of drug-likeness (QED) is 0.787. The van der Waals surface area contributed by atoms with Crippen molar-refractivity contribution in [2.24, 2.45) is 0 Å². The maximum Gasteiger partial charge on any atom is 0.238 e. The molecule has 0 radical (unpaired) electrons. The number of aryl methyl sites for hydroxylation is 2. The van der Waals surface area contributed by atoms with Crippen LogP contribution in [-0.4, -0.2) is 33.3 Å². The smallest absolute Gasteiger partial charge is 0.238 e. The van der Waals surface area contributed by atoms with Gasteiger partial charge in [0.1, 0.15) is 0 Å². The van der Waals surface area contributed by atoms with Gasteiger partial charge in [-0.05, 0) is 38.4 Å². The number of hydrogen-bond acceptors (Lipinski definition) is 4. The molecule has 1 aromatic carbocycles. The predicted octanol–water partition coefficient (Wildman–Crippen LogP) is 2.69. The van der Waals surface area contributed by atoms with Crippen molar-refractivity contribution in [3.05, 3.63) is 57.9 Å². The summed E-state index contributed by atoms with van der Waals surface area (Å²) in [4.78, 5) is 21.7. The largest absolute Gasteiger partial charge is 0.349 e. The monoisotopic (exact) mass is 354 g/mol. The Morgan fingerprint density at radius 3 is 2.84 bits per heavy atom. The molecule has 4 rings (SSSR count). The number of thiazole rings is 1. The average molecular weight is 354 g/mol. The lowest BCUT2D eigenvalue weighted by atomic mass is 9.94. The van der Waals surface area contributed by atoms with Crippen LogP contribution in [0.4, 0.5) is 0 Å². The summed E-state index contributed by atoms with van der Waals surface area (Å²) < 4.78 is 2.10. The van der Waals surface area contributed by atoms with Gasteiger partial charge in [-0.15, -0.1) is 11.3 Å². The number of aromatic nitrogens is 2. The molecular formula is C19H22N4OS. The Labute approximate surface area is 151 Å². The van der Waals surface area contributed by atoms with Gasteiger partial charge in [0.15, 0.2) is 4.96 Å². The van der Waals surface area contributed by atoms with E-state index in [9.17, 15) is 4.79 Å². The van der Waals surface area contributed by atoms with Gasteiger partial charge in [-0.2, -0.15) is 0 Å². The Bertz CT molecular complexity index is 942. The molecule has 0 unspecified atom stereocenters. The average Bonchev–Trinajstić information content (AvgIpc) is 3.11. The minimum Gasteiger partial charge on any atom is -0.349 e. The molecule has 2 aromatic heterocycles. The summed E-state index contributed by atoms with van der Waals surface area (Å²) in [7, 11) is 2.01. The predicted molar refractivity (Wildman–Crippen MR) is 99.8 cm³/mol. The first-order valence-corrected chi connectivity index (χ1v) is 9.33. The fourth-order valence-electron chi connectivity index (χ4n) is 3.43. The molecule has 0 saturated heterocycles. The summed E-state index contributed by atoms with van der Waals surface area (Å²) in [6.45, 7) is 5.48. The van der Waals surface area contributed by atoms with Gasteiger partial charge in [0.25, 0.3) is 0 Å². The van der Waals surface area contributed by atoms with Gasteiger partial charge in [0.05, 0.1) is 18.3 Å². The van der Waals surface area contributed by atoms with Crippen LogP contribution >= 0.6 is 11.3 Å². The van der Waals surface area contributed by atoms with Gasteiger partial charge < -0.3 is 5.32 Å². The zero-order valence-electron chi connectivity index (χ0n) is 14.7. The first kappa shape index (κ1) is 16.3. The van der Waals surface area contributed by atoms with Crippen LogP contribution in [0, 0.1) is 13.8 Å². The second-order valence-electron chi connectivity index (χ2n) is 6.75. The van der Waals surface area contributed by atoms with E-state index in [4.69, 9.17) is 0 Å². The van der Waals surface area contributed by atoms with Crippen molar-refractivity contribution in [3.8, 4) is 0 Å². The van der Waals surface area contributed by atoms with E-state index >= 15 is 0 Å². The number of rotatable bonds is 3. The summed E-state index contributed by atoms with van der Waals surface area (Å²) in [5.41, 5.74) is 4.71. The van der Waals surface area contributed by atoms with E-state index in [0.717, 1.165) is 23.6 Å². The Hall–Kier alpha value is -2.18. The number of imidazole rings is 1. The highest BCUT2D eigenvalue weighted by Crippen LogP contribution is 2.23. The molecule has 0 saturated carbocycles. The summed E-state index contributed by atoms with van der Waals surface area (Å²) in [5.74, 6) is 0.0706. The highest BCUT2D eigenvalue weighted by molar-refractivity contribution is 7.17. The van der Waals surface area contributed by atoms with E-state index in [-0.39, 0.29) is 11.9 Å². The molecular weight excluding hydrogens is 332 g/mol. The molecule has 0 spiro atoms. The Morgan fingerprint density at radius 2 is 2.08 bits per heavy atom. The van der Waals surface area contributed by atoms with Crippen LogP contribution in [0.1, 0.15) is 27.4 Å². The zero-order chi connectivity index (χ0) is 17.6. The molecule has 25 heavy (non-hydrogen) atoms. The van der Waals surface area contributed by atoms with Gasteiger partial charge >= 0.3 is 0 Å². The first-order valence-electron chi connectivity index (χ1n) is 8.51. The van der Waals surface area contributed by atoms with E-state index in [1.54, 1.807) is 11.3 Å². The maximum absolute atomic E-state index is 12.7. The first-order chi connectivity index (χ1) is 12.0. The van der Waals surface area contributed by atoms with Crippen molar-refractivity contribution in [2.75, 3.05) is 7.05 Å². The lowest BCUT2D eigenvalue weighted by Gasteiger charge is -2.32. The number of fused-ring (bicyclic) bond motifs is 2. The Kier molecular flexibility index (Phi) is 4.09. The van der Waals surface area contributed by atoms with Crippen LogP contribution in [0.3, 0.4) is 0 Å². The summed E-state index contributed by atoms with van der Waals surface area (Å²) >= 11 is 1.69. The van der Waals surface area contributed by atoms with Gasteiger partial charge in [-0.3, -0.25) is 14.1 Å². The van der Waals surface area contributed by atoms with Crippen molar-refractivity contribution in [1.29, 1.82) is 0 Å². The van der Waals surface area contributed by atoms with E-state index in [1.807, 2.05) is 19.3 Å². The minimum absolute atomic E-state index is 0.0706. The second-order valence-corrected chi connectivity index (χ2v) is 7.93. The molecule has 1 aliphatic heterocycles. The van der Waals surface area contributed by atoms with Crippen LogP contribution < -0.4 is 5.32 Å². The van der Waals surface area contributed by atoms with Crippen molar-refractivity contribution < 1.29 is 4.79 Å². The van der Waals surface area contributed by atoms with E-state index in [0.29, 0.717) is 6.54 Å². The van der Waals surface area contributed by atoms with Gasteiger partial charge in [0, 0.05) is 23.3 Å².